The SMILES string of the molecule is CCOc1ccccc1Oc1ccc(CC(C)N)cc1Cl. The van der Waals surface area contributed by atoms with Crippen molar-refractivity contribution < 1.29 is 9.47 Å². The topological polar surface area (TPSA) is 44.5 Å². The third-order valence-corrected chi connectivity index (χ3v) is 3.22. The van der Waals surface area contributed by atoms with Crippen LogP contribution in [0.2, 0.25) is 5.02 Å². The number of hydrogen-bond donors (Lipinski definition) is 1. The van der Waals surface area contributed by atoms with Gasteiger partial charge in [-0.15, -0.1) is 0 Å². The lowest BCUT2D eigenvalue weighted by Gasteiger charge is -2.13. The standard InChI is InChI=1S/C17H20ClNO2/c1-3-20-16-6-4-5-7-17(16)21-15-9-8-13(10-12(2)19)11-14(15)18/h4-9,11-12H,3,10,19H2,1-2H3. The Balaban J connectivity index is 2.20. The lowest BCUT2D eigenvalue weighted by Crippen LogP contribution is -2.17. The molecule has 1 atom stereocenters. The van der Waals surface area contributed by atoms with Crippen molar-refractivity contribution >= 4 is 11.6 Å². The number of nitrogens with two attached hydrogens (primary N) is 1. The fourth-order valence-corrected chi connectivity index (χ4v) is 2.30. The zero-order chi connectivity index (χ0) is 15.2. The van der Waals surface area contributed by atoms with E-state index in [1.54, 1.807) is 0 Å². The maximum atomic E-state index is 6.29. The molecule has 2 rings (SSSR count). The molecule has 112 valence electrons. The quantitative estimate of drug-likeness (QED) is 0.859. The van der Waals surface area contributed by atoms with Gasteiger partial charge in [0, 0.05) is 6.04 Å². The lowest BCUT2D eigenvalue weighted by atomic mass is 10.1. The summed E-state index contributed by atoms with van der Waals surface area (Å²) in [4.78, 5) is 0. The van der Waals surface area contributed by atoms with Crippen LogP contribution in [0, 0.1) is 0 Å². The van der Waals surface area contributed by atoms with E-state index in [9.17, 15) is 0 Å². The van der Waals surface area contributed by atoms with E-state index in [0.717, 1.165) is 12.0 Å². The molecule has 2 aromatic carbocycles. The fourth-order valence-electron chi connectivity index (χ4n) is 2.05. The van der Waals surface area contributed by atoms with Crippen molar-refractivity contribution in [1.82, 2.24) is 0 Å². The van der Waals surface area contributed by atoms with E-state index in [2.05, 4.69) is 0 Å². The summed E-state index contributed by atoms with van der Waals surface area (Å²) in [7, 11) is 0. The predicted octanol–water partition coefficient (Wildman–Crippen LogP) is 4.42. The molecule has 21 heavy (non-hydrogen) atoms. The first kappa shape index (κ1) is 15.7. The second kappa shape index (κ2) is 7.34. The summed E-state index contributed by atoms with van der Waals surface area (Å²) in [6.45, 7) is 4.49. The summed E-state index contributed by atoms with van der Waals surface area (Å²) in [5.74, 6) is 1.97. The zero-order valence-corrected chi connectivity index (χ0v) is 13.1. The fraction of sp³-hybridized carbons (Fsp3) is 0.294. The molecule has 2 aromatic rings. The van der Waals surface area contributed by atoms with Gasteiger partial charge in [-0.25, -0.2) is 0 Å². The van der Waals surface area contributed by atoms with E-state index in [0.29, 0.717) is 28.9 Å². The molecule has 1 unspecified atom stereocenters. The third kappa shape index (κ3) is 4.38. The smallest absolute Gasteiger partial charge is 0.169 e. The zero-order valence-electron chi connectivity index (χ0n) is 12.3. The molecule has 0 saturated heterocycles. The van der Waals surface area contributed by atoms with Crippen LogP contribution < -0.4 is 15.2 Å². The average molecular weight is 306 g/mol. The molecule has 0 aliphatic rings. The van der Waals surface area contributed by atoms with E-state index in [4.69, 9.17) is 26.8 Å². The van der Waals surface area contributed by atoms with Gasteiger partial charge in [0.1, 0.15) is 5.75 Å². The summed E-state index contributed by atoms with van der Waals surface area (Å²) >= 11 is 6.29. The van der Waals surface area contributed by atoms with Crippen LogP contribution in [-0.2, 0) is 6.42 Å². The summed E-state index contributed by atoms with van der Waals surface area (Å²) in [5, 5.41) is 0.569. The molecule has 0 fully saturated rings. The average Bonchev–Trinajstić information content (AvgIpc) is 2.43. The number of rotatable bonds is 6. The molecule has 2 N–H and O–H groups in total. The molecule has 0 aromatic heterocycles. The van der Waals surface area contributed by atoms with E-state index >= 15 is 0 Å². The number of benzene rings is 2. The minimum atomic E-state index is 0.103. The van der Waals surface area contributed by atoms with Crippen LogP contribution in [0.5, 0.6) is 17.2 Å². The largest absolute Gasteiger partial charge is 0.490 e. The monoisotopic (exact) mass is 305 g/mol. The highest BCUT2D eigenvalue weighted by Crippen LogP contribution is 2.35. The molecular formula is C17H20ClNO2. The molecule has 4 heteroatoms. The number of hydrogen-bond acceptors (Lipinski definition) is 3. The van der Waals surface area contributed by atoms with E-state index in [1.807, 2.05) is 56.3 Å². The van der Waals surface area contributed by atoms with Gasteiger partial charge in [-0.3, -0.25) is 0 Å². The van der Waals surface area contributed by atoms with Gasteiger partial charge in [0.25, 0.3) is 0 Å². The molecule has 0 amide bonds. The summed E-state index contributed by atoms with van der Waals surface area (Å²) in [6, 6.07) is 13.4. The minimum Gasteiger partial charge on any atom is -0.490 e. The van der Waals surface area contributed by atoms with Crippen molar-refractivity contribution in [3.8, 4) is 17.2 Å². The van der Waals surface area contributed by atoms with Crippen LogP contribution >= 0.6 is 11.6 Å². The van der Waals surface area contributed by atoms with Crippen molar-refractivity contribution in [3.63, 3.8) is 0 Å². The van der Waals surface area contributed by atoms with Crippen LogP contribution in [0.1, 0.15) is 19.4 Å². The predicted molar refractivity (Wildman–Crippen MR) is 86.5 cm³/mol. The first-order chi connectivity index (χ1) is 10.1. The highest BCUT2D eigenvalue weighted by molar-refractivity contribution is 6.32. The normalized spacial score (nSPS) is 12.0. The van der Waals surface area contributed by atoms with Gasteiger partial charge >= 0.3 is 0 Å². The molecule has 0 saturated carbocycles. The van der Waals surface area contributed by atoms with Crippen molar-refractivity contribution in [2.45, 2.75) is 26.3 Å². The highest BCUT2D eigenvalue weighted by atomic mass is 35.5. The molecule has 0 spiro atoms. The van der Waals surface area contributed by atoms with Gasteiger partial charge in [0.05, 0.1) is 11.6 Å². The second-order valence-electron chi connectivity index (χ2n) is 4.93. The van der Waals surface area contributed by atoms with Crippen LogP contribution in [0.4, 0.5) is 0 Å². The van der Waals surface area contributed by atoms with Crippen molar-refractivity contribution in [1.29, 1.82) is 0 Å². The molecule has 0 aliphatic heterocycles. The Morgan fingerprint density at radius 2 is 1.81 bits per heavy atom. The Morgan fingerprint density at radius 1 is 1.10 bits per heavy atom. The maximum Gasteiger partial charge on any atom is 0.169 e. The second-order valence-corrected chi connectivity index (χ2v) is 5.34. The minimum absolute atomic E-state index is 0.103. The van der Waals surface area contributed by atoms with Crippen molar-refractivity contribution in [2.75, 3.05) is 6.61 Å². The van der Waals surface area contributed by atoms with Crippen LogP contribution in [0.3, 0.4) is 0 Å². The summed E-state index contributed by atoms with van der Waals surface area (Å²) in [6.07, 6.45) is 0.787. The Kier molecular flexibility index (Phi) is 5.48. The van der Waals surface area contributed by atoms with Crippen LogP contribution in [0.25, 0.3) is 0 Å². The van der Waals surface area contributed by atoms with Gasteiger partial charge < -0.3 is 15.2 Å². The Hall–Kier alpha value is -1.71. The number of ether oxygens (including phenoxy) is 2. The van der Waals surface area contributed by atoms with Gasteiger partial charge in [-0.2, -0.15) is 0 Å². The van der Waals surface area contributed by atoms with Gasteiger partial charge in [-0.05, 0) is 50.1 Å². The summed E-state index contributed by atoms with van der Waals surface area (Å²) in [5.41, 5.74) is 6.90. The Bertz CT molecular complexity index is 599. The molecular weight excluding hydrogens is 286 g/mol. The molecule has 0 heterocycles. The van der Waals surface area contributed by atoms with E-state index in [1.165, 1.54) is 0 Å². The van der Waals surface area contributed by atoms with Gasteiger partial charge in [0.2, 0.25) is 0 Å². The van der Waals surface area contributed by atoms with Crippen LogP contribution in [-0.4, -0.2) is 12.6 Å². The third-order valence-electron chi connectivity index (χ3n) is 2.92. The first-order valence-corrected chi connectivity index (χ1v) is 7.41. The molecule has 3 nitrogen and oxygen atoms in total. The molecule has 0 radical (unpaired) electrons. The Morgan fingerprint density at radius 3 is 2.43 bits per heavy atom. The highest BCUT2D eigenvalue weighted by Gasteiger charge is 2.09. The molecule has 0 aliphatic carbocycles. The lowest BCUT2D eigenvalue weighted by molar-refractivity contribution is 0.321. The summed E-state index contributed by atoms with van der Waals surface area (Å²) < 4.78 is 11.4. The first-order valence-electron chi connectivity index (χ1n) is 7.04. The maximum absolute atomic E-state index is 6.29. The van der Waals surface area contributed by atoms with Crippen LogP contribution in [0.15, 0.2) is 42.5 Å². The Labute approximate surface area is 130 Å². The van der Waals surface area contributed by atoms with Gasteiger partial charge in [0.15, 0.2) is 11.5 Å². The van der Waals surface area contributed by atoms with Crippen molar-refractivity contribution in [2.24, 2.45) is 5.73 Å². The number of halogens is 1. The van der Waals surface area contributed by atoms with E-state index in [-0.39, 0.29) is 6.04 Å². The van der Waals surface area contributed by atoms with Crippen molar-refractivity contribution in [3.05, 3.63) is 53.1 Å². The molecule has 0 bridgehead atoms. The number of para-hydroxylation sites is 2. The van der Waals surface area contributed by atoms with E-state index < -0.39 is 0 Å². The van der Waals surface area contributed by atoms with Gasteiger partial charge in [-0.1, -0.05) is 29.8 Å².